The average molecular weight is 446 g/mol. The zero-order chi connectivity index (χ0) is 22.4. The molecule has 31 heavy (non-hydrogen) atoms. The summed E-state index contributed by atoms with van der Waals surface area (Å²) in [7, 11) is -2.10. The lowest BCUT2D eigenvalue weighted by Crippen LogP contribution is -2.29. The van der Waals surface area contributed by atoms with Crippen molar-refractivity contribution < 1.29 is 22.4 Å². The maximum absolute atomic E-state index is 12.7. The fourth-order valence-corrected chi connectivity index (χ4v) is 4.22. The number of hydrogen-bond acceptors (Lipinski definition) is 7. The van der Waals surface area contributed by atoms with Crippen molar-refractivity contribution in [1.29, 1.82) is 0 Å². The van der Waals surface area contributed by atoms with Crippen molar-refractivity contribution in [3.63, 3.8) is 0 Å². The Bertz CT molecular complexity index is 1090. The minimum absolute atomic E-state index is 0.149. The second kappa shape index (κ2) is 9.93. The predicted molar refractivity (Wildman–Crippen MR) is 116 cm³/mol. The molecule has 3 rings (SSSR count). The molecule has 0 aliphatic heterocycles. The summed E-state index contributed by atoms with van der Waals surface area (Å²) in [6.45, 7) is 6.76. The number of rotatable bonds is 10. The van der Waals surface area contributed by atoms with Gasteiger partial charge in [-0.2, -0.15) is 4.98 Å². The SMILES string of the molecule is CCOc1ccc(S(=O)(=O)N(C)CCc2noc(COc3cc(C)cc(C)c3)n2)cc1. The molecule has 0 fully saturated rings. The van der Waals surface area contributed by atoms with Gasteiger partial charge >= 0.3 is 0 Å². The molecule has 166 valence electrons. The molecular weight excluding hydrogens is 418 g/mol. The molecule has 9 heteroatoms. The first kappa shape index (κ1) is 22.8. The van der Waals surface area contributed by atoms with Gasteiger partial charge < -0.3 is 14.0 Å². The number of aromatic nitrogens is 2. The Balaban J connectivity index is 1.55. The lowest BCUT2D eigenvalue weighted by atomic mass is 10.1. The molecule has 0 aliphatic rings. The quantitative estimate of drug-likeness (QED) is 0.471. The van der Waals surface area contributed by atoms with Crippen molar-refractivity contribution in [3.05, 3.63) is 65.3 Å². The van der Waals surface area contributed by atoms with Crippen LogP contribution in [0.1, 0.15) is 29.8 Å². The van der Waals surface area contributed by atoms with Crippen LogP contribution in [-0.2, 0) is 23.1 Å². The highest BCUT2D eigenvalue weighted by Gasteiger charge is 2.21. The van der Waals surface area contributed by atoms with E-state index in [4.69, 9.17) is 14.0 Å². The first-order valence-corrected chi connectivity index (χ1v) is 11.4. The molecule has 3 aromatic rings. The molecule has 0 amide bonds. The van der Waals surface area contributed by atoms with E-state index >= 15 is 0 Å². The van der Waals surface area contributed by atoms with Crippen LogP contribution in [0.25, 0.3) is 0 Å². The van der Waals surface area contributed by atoms with Crippen LogP contribution in [0.2, 0.25) is 0 Å². The number of likely N-dealkylation sites (N-methyl/N-ethyl adjacent to an activating group) is 1. The fraction of sp³-hybridized carbons (Fsp3) is 0.364. The average Bonchev–Trinajstić information content (AvgIpc) is 3.18. The van der Waals surface area contributed by atoms with E-state index in [0.717, 1.165) is 16.9 Å². The molecule has 1 heterocycles. The molecule has 0 bridgehead atoms. The molecule has 0 spiro atoms. The van der Waals surface area contributed by atoms with Gasteiger partial charge in [0.2, 0.25) is 10.0 Å². The second-order valence-corrected chi connectivity index (χ2v) is 9.24. The van der Waals surface area contributed by atoms with Crippen LogP contribution in [0.15, 0.2) is 51.9 Å². The third-order valence-electron chi connectivity index (χ3n) is 4.56. The van der Waals surface area contributed by atoms with Gasteiger partial charge in [0, 0.05) is 20.0 Å². The van der Waals surface area contributed by atoms with Crippen molar-refractivity contribution in [3.8, 4) is 11.5 Å². The molecule has 0 atom stereocenters. The highest BCUT2D eigenvalue weighted by atomic mass is 32.2. The van der Waals surface area contributed by atoms with Crippen LogP contribution in [0.3, 0.4) is 0 Å². The molecule has 0 radical (unpaired) electrons. The third-order valence-corrected chi connectivity index (χ3v) is 6.43. The second-order valence-electron chi connectivity index (χ2n) is 7.20. The molecule has 2 aromatic carbocycles. The van der Waals surface area contributed by atoms with E-state index in [1.54, 1.807) is 12.1 Å². The molecule has 0 unspecified atom stereocenters. The van der Waals surface area contributed by atoms with Gasteiger partial charge in [0.15, 0.2) is 12.4 Å². The number of aryl methyl sites for hydroxylation is 2. The topological polar surface area (TPSA) is 94.8 Å². The Kier molecular flexibility index (Phi) is 7.29. The maximum atomic E-state index is 12.7. The van der Waals surface area contributed by atoms with Crippen LogP contribution in [0, 0.1) is 13.8 Å². The fourth-order valence-electron chi connectivity index (χ4n) is 3.04. The van der Waals surface area contributed by atoms with Gasteiger partial charge in [-0.1, -0.05) is 11.2 Å². The van der Waals surface area contributed by atoms with Gasteiger partial charge in [0.25, 0.3) is 5.89 Å². The number of ether oxygens (including phenoxy) is 2. The Morgan fingerprint density at radius 2 is 1.68 bits per heavy atom. The van der Waals surface area contributed by atoms with Crippen LogP contribution >= 0.6 is 0 Å². The summed E-state index contributed by atoms with van der Waals surface area (Å²) in [6, 6.07) is 12.3. The van der Waals surface area contributed by atoms with Crippen LogP contribution in [0.5, 0.6) is 11.5 Å². The highest BCUT2D eigenvalue weighted by Crippen LogP contribution is 2.20. The lowest BCUT2D eigenvalue weighted by Gasteiger charge is -2.16. The van der Waals surface area contributed by atoms with Crippen LogP contribution in [0.4, 0.5) is 0 Å². The lowest BCUT2D eigenvalue weighted by molar-refractivity contribution is 0.242. The molecule has 0 saturated carbocycles. The number of hydrogen-bond donors (Lipinski definition) is 0. The zero-order valence-corrected chi connectivity index (χ0v) is 19.0. The molecule has 0 N–H and O–H groups in total. The van der Waals surface area contributed by atoms with Crippen molar-refractivity contribution in [2.45, 2.75) is 38.7 Å². The van der Waals surface area contributed by atoms with Crippen LogP contribution < -0.4 is 9.47 Å². The smallest absolute Gasteiger partial charge is 0.264 e. The van der Waals surface area contributed by atoms with Gasteiger partial charge in [-0.3, -0.25) is 0 Å². The molecule has 8 nitrogen and oxygen atoms in total. The van der Waals surface area contributed by atoms with E-state index < -0.39 is 10.0 Å². The minimum Gasteiger partial charge on any atom is -0.494 e. The zero-order valence-electron chi connectivity index (χ0n) is 18.2. The number of benzene rings is 2. The van der Waals surface area contributed by atoms with E-state index in [2.05, 4.69) is 16.2 Å². The summed E-state index contributed by atoms with van der Waals surface area (Å²) >= 11 is 0. The van der Waals surface area contributed by atoms with Gasteiger partial charge in [0.1, 0.15) is 11.5 Å². The third kappa shape index (κ3) is 6.05. The van der Waals surface area contributed by atoms with Gasteiger partial charge in [-0.05, 0) is 68.3 Å². The summed E-state index contributed by atoms with van der Waals surface area (Å²) < 4.78 is 43.0. The Labute approximate surface area is 182 Å². The van der Waals surface area contributed by atoms with Crippen molar-refractivity contribution in [1.82, 2.24) is 14.4 Å². The van der Waals surface area contributed by atoms with E-state index in [9.17, 15) is 8.42 Å². The Morgan fingerprint density at radius 3 is 2.32 bits per heavy atom. The first-order chi connectivity index (χ1) is 14.8. The maximum Gasteiger partial charge on any atom is 0.264 e. The summed E-state index contributed by atoms with van der Waals surface area (Å²) in [6.07, 6.45) is 0.319. The van der Waals surface area contributed by atoms with Crippen molar-refractivity contribution in [2.75, 3.05) is 20.2 Å². The highest BCUT2D eigenvalue weighted by molar-refractivity contribution is 7.89. The Morgan fingerprint density at radius 1 is 1.00 bits per heavy atom. The molecule has 0 saturated heterocycles. The monoisotopic (exact) mass is 445 g/mol. The van der Waals surface area contributed by atoms with E-state index in [0.29, 0.717) is 30.5 Å². The van der Waals surface area contributed by atoms with E-state index in [-0.39, 0.29) is 18.0 Å². The van der Waals surface area contributed by atoms with Gasteiger partial charge in [0.05, 0.1) is 11.5 Å². The molecule has 0 aliphatic carbocycles. The van der Waals surface area contributed by atoms with E-state index in [1.807, 2.05) is 32.9 Å². The summed E-state index contributed by atoms with van der Waals surface area (Å²) in [5.41, 5.74) is 2.22. The summed E-state index contributed by atoms with van der Waals surface area (Å²) in [5, 5.41) is 3.92. The normalized spacial score (nSPS) is 11.6. The van der Waals surface area contributed by atoms with Crippen molar-refractivity contribution >= 4 is 10.0 Å². The van der Waals surface area contributed by atoms with Crippen molar-refractivity contribution in [2.24, 2.45) is 0 Å². The summed E-state index contributed by atoms with van der Waals surface area (Å²) in [5.74, 6) is 2.13. The first-order valence-electron chi connectivity index (χ1n) is 9.99. The largest absolute Gasteiger partial charge is 0.494 e. The van der Waals surface area contributed by atoms with Gasteiger partial charge in [-0.25, -0.2) is 12.7 Å². The molecular formula is C22H27N3O5S. The van der Waals surface area contributed by atoms with Gasteiger partial charge in [-0.15, -0.1) is 0 Å². The predicted octanol–water partition coefficient (Wildman–Crippen LogP) is 3.53. The summed E-state index contributed by atoms with van der Waals surface area (Å²) in [4.78, 5) is 4.49. The standard InChI is InChI=1S/C22H27N3O5S/c1-5-28-18-6-8-20(9-7-18)31(26,27)25(4)11-10-21-23-22(30-24-21)15-29-19-13-16(2)12-17(3)14-19/h6-9,12-14H,5,10-11,15H2,1-4H3. The van der Waals surface area contributed by atoms with Crippen LogP contribution in [-0.4, -0.2) is 43.1 Å². The molecule has 1 aromatic heterocycles. The number of sulfonamides is 1. The Hall–Kier alpha value is -2.91. The minimum atomic E-state index is -3.62. The van der Waals surface area contributed by atoms with E-state index in [1.165, 1.54) is 23.5 Å². The number of nitrogens with zero attached hydrogens (tertiary/aromatic N) is 3.